The van der Waals surface area contributed by atoms with E-state index in [0.29, 0.717) is 29.7 Å². The van der Waals surface area contributed by atoms with Crippen molar-refractivity contribution in [2.45, 2.75) is 53.8 Å². The van der Waals surface area contributed by atoms with E-state index in [1.54, 1.807) is 14.0 Å². The lowest BCUT2D eigenvalue weighted by Crippen LogP contribution is -2.38. The molecule has 1 unspecified atom stereocenters. The van der Waals surface area contributed by atoms with E-state index >= 15 is 0 Å². The van der Waals surface area contributed by atoms with Gasteiger partial charge in [-0.25, -0.2) is 9.78 Å². The second kappa shape index (κ2) is 14.4. The molecule has 0 aliphatic rings. The normalized spacial score (nSPS) is 12.3. The number of carbonyl (C=O) groups excluding carboxylic acids is 1. The highest BCUT2D eigenvalue weighted by atomic mass is 127. The summed E-state index contributed by atoms with van der Waals surface area (Å²) in [7, 11) is 1.75. The number of thiazole rings is 1. The third-order valence-electron chi connectivity index (χ3n) is 5.07. The second-order valence-corrected chi connectivity index (χ2v) is 8.24. The van der Waals surface area contributed by atoms with E-state index in [2.05, 4.69) is 63.6 Å². The first-order chi connectivity index (χ1) is 14.9. The maximum atomic E-state index is 12.1. The fraction of sp³-hybridized carbons (Fsp3) is 0.522. The molecule has 1 aromatic carbocycles. The van der Waals surface area contributed by atoms with Crippen LogP contribution in [0.25, 0.3) is 0 Å². The van der Waals surface area contributed by atoms with Crippen LogP contribution in [0.5, 0.6) is 0 Å². The van der Waals surface area contributed by atoms with Crippen LogP contribution in [-0.2, 0) is 17.8 Å². The van der Waals surface area contributed by atoms with Crippen molar-refractivity contribution in [2.24, 2.45) is 4.99 Å². The van der Waals surface area contributed by atoms with E-state index in [1.807, 2.05) is 13.8 Å². The number of aromatic nitrogens is 1. The van der Waals surface area contributed by atoms with E-state index < -0.39 is 0 Å². The molecule has 9 heteroatoms. The molecule has 7 nitrogen and oxygen atoms in total. The van der Waals surface area contributed by atoms with E-state index in [0.717, 1.165) is 24.6 Å². The molecule has 0 saturated carbocycles. The van der Waals surface area contributed by atoms with Crippen LogP contribution < -0.4 is 10.6 Å². The average molecular weight is 574 g/mol. The van der Waals surface area contributed by atoms with Crippen molar-refractivity contribution < 1.29 is 9.53 Å². The Morgan fingerprint density at radius 3 is 2.47 bits per heavy atom. The van der Waals surface area contributed by atoms with Gasteiger partial charge in [0.25, 0.3) is 0 Å². The summed E-state index contributed by atoms with van der Waals surface area (Å²) in [5.41, 5.74) is 3.26. The van der Waals surface area contributed by atoms with E-state index in [9.17, 15) is 4.79 Å². The number of esters is 1. The molecule has 0 bridgehead atoms. The van der Waals surface area contributed by atoms with E-state index in [-0.39, 0.29) is 36.0 Å². The Hall–Kier alpha value is -1.72. The number of aliphatic imine (C=N–C) groups is 1. The number of halogens is 1. The van der Waals surface area contributed by atoms with Gasteiger partial charge in [-0.3, -0.25) is 9.89 Å². The number of aryl methyl sites for hydroxylation is 1. The molecular formula is C23H36IN5O2S. The van der Waals surface area contributed by atoms with Gasteiger partial charge in [-0.2, -0.15) is 0 Å². The molecule has 0 saturated heterocycles. The summed E-state index contributed by atoms with van der Waals surface area (Å²) in [6.07, 6.45) is 0. The molecule has 0 radical (unpaired) electrons. The molecule has 2 N–H and O–H groups in total. The van der Waals surface area contributed by atoms with Crippen LogP contribution in [0.3, 0.4) is 0 Å². The monoisotopic (exact) mass is 573 g/mol. The number of carbonyl (C=O) groups is 1. The van der Waals surface area contributed by atoms with Gasteiger partial charge in [0.1, 0.15) is 9.88 Å². The highest BCUT2D eigenvalue weighted by Crippen LogP contribution is 2.24. The number of hydrogen-bond donors (Lipinski definition) is 2. The van der Waals surface area contributed by atoms with Gasteiger partial charge in [0.05, 0.1) is 18.3 Å². The van der Waals surface area contributed by atoms with Crippen molar-refractivity contribution in [3.8, 4) is 0 Å². The van der Waals surface area contributed by atoms with Gasteiger partial charge in [-0.05, 0) is 45.0 Å². The van der Waals surface area contributed by atoms with Crippen LogP contribution in [0, 0.1) is 6.92 Å². The van der Waals surface area contributed by atoms with Gasteiger partial charge in [0, 0.05) is 20.1 Å². The first-order valence-electron chi connectivity index (χ1n) is 10.8. The number of nitrogens with zero attached hydrogens (tertiary/aromatic N) is 3. The van der Waals surface area contributed by atoms with Crippen LogP contribution in [0.4, 0.5) is 0 Å². The van der Waals surface area contributed by atoms with Crippen molar-refractivity contribution in [2.75, 3.05) is 26.7 Å². The number of rotatable bonds is 10. The summed E-state index contributed by atoms with van der Waals surface area (Å²) < 4.78 is 5.12. The number of guanidine groups is 1. The minimum absolute atomic E-state index is 0. The van der Waals surface area contributed by atoms with Crippen molar-refractivity contribution in [3.05, 3.63) is 51.0 Å². The standard InChI is InChI=1S/C23H35N5O2S.HI/c1-7-28(8-2)15-19-13-11-10-12-18(19)14-25-23(24-6)27-17(5)21-26-16(4)20(31-21)22(29)30-9-3;/h10-13,17H,7-9,14-15H2,1-6H3,(H2,24,25,27);1H. The SMILES string of the molecule is CCOC(=O)c1sc(C(C)NC(=NC)NCc2ccccc2CN(CC)CC)nc1C.I. The Labute approximate surface area is 213 Å². The molecule has 0 aliphatic heterocycles. The molecule has 2 rings (SSSR count). The maximum Gasteiger partial charge on any atom is 0.350 e. The lowest BCUT2D eigenvalue weighted by Gasteiger charge is -2.21. The Morgan fingerprint density at radius 2 is 1.88 bits per heavy atom. The molecule has 0 spiro atoms. The van der Waals surface area contributed by atoms with Crippen molar-refractivity contribution in [1.29, 1.82) is 0 Å². The average Bonchev–Trinajstić information content (AvgIpc) is 3.17. The molecule has 2 aromatic rings. The summed E-state index contributed by atoms with van der Waals surface area (Å²) in [6.45, 7) is 14.0. The summed E-state index contributed by atoms with van der Waals surface area (Å²) in [4.78, 5) is 23.9. The zero-order chi connectivity index (χ0) is 22.8. The van der Waals surface area contributed by atoms with Crippen LogP contribution in [0.2, 0.25) is 0 Å². The van der Waals surface area contributed by atoms with Gasteiger partial charge < -0.3 is 15.4 Å². The first-order valence-corrected chi connectivity index (χ1v) is 11.7. The largest absolute Gasteiger partial charge is 0.462 e. The second-order valence-electron chi connectivity index (χ2n) is 7.21. The summed E-state index contributed by atoms with van der Waals surface area (Å²) in [5.74, 6) is 0.374. The third-order valence-corrected chi connectivity index (χ3v) is 6.39. The van der Waals surface area contributed by atoms with Crippen molar-refractivity contribution >= 4 is 47.2 Å². The lowest BCUT2D eigenvalue weighted by atomic mass is 10.1. The fourth-order valence-electron chi connectivity index (χ4n) is 3.20. The quantitative estimate of drug-likeness (QED) is 0.189. The molecule has 0 fully saturated rings. The van der Waals surface area contributed by atoms with Crippen molar-refractivity contribution in [3.63, 3.8) is 0 Å². The molecule has 1 aromatic heterocycles. The number of hydrogen-bond acceptors (Lipinski definition) is 6. The third kappa shape index (κ3) is 8.00. The molecule has 1 atom stereocenters. The summed E-state index contributed by atoms with van der Waals surface area (Å²) in [6, 6.07) is 8.39. The Kier molecular flexibility index (Phi) is 12.8. The number of nitrogens with one attached hydrogen (secondary N) is 2. The van der Waals surface area contributed by atoms with Crippen LogP contribution >= 0.6 is 35.3 Å². The molecule has 0 aliphatic carbocycles. The number of ether oxygens (including phenoxy) is 1. The molecule has 0 amide bonds. The zero-order valence-corrected chi connectivity index (χ0v) is 23.0. The zero-order valence-electron chi connectivity index (χ0n) is 19.9. The molecular weight excluding hydrogens is 537 g/mol. The lowest BCUT2D eigenvalue weighted by molar-refractivity contribution is 0.0531. The van der Waals surface area contributed by atoms with Crippen LogP contribution in [-0.4, -0.2) is 48.6 Å². The minimum atomic E-state index is -0.316. The van der Waals surface area contributed by atoms with Crippen molar-refractivity contribution in [1.82, 2.24) is 20.5 Å². The minimum Gasteiger partial charge on any atom is -0.462 e. The Morgan fingerprint density at radius 1 is 1.22 bits per heavy atom. The molecule has 178 valence electrons. The van der Waals surface area contributed by atoms with Gasteiger partial charge in [-0.1, -0.05) is 38.1 Å². The molecule has 1 heterocycles. The van der Waals surface area contributed by atoms with E-state index in [4.69, 9.17) is 4.74 Å². The smallest absolute Gasteiger partial charge is 0.350 e. The van der Waals surface area contributed by atoms with Gasteiger partial charge >= 0.3 is 5.97 Å². The van der Waals surface area contributed by atoms with E-state index in [1.165, 1.54) is 22.5 Å². The number of benzene rings is 1. The van der Waals surface area contributed by atoms with Gasteiger partial charge in [-0.15, -0.1) is 35.3 Å². The summed E-state index contributed by atoms with van der Waals surface area (Å²) in [5, 5.41) is 7.60. The maximum absolute atomic E-state index is 12.1. The fourth-order valence-corrected chi connectivity index (χ4v) is 4.16. The first kappa shape index (κ1) is 28.3. The summed E-state index contributed by atoms with van der Waals surface area (Å²) >= 11 is 1.36. The Bertz CT molecular complexity index is 883. The topological polar surface area (TPSA) is 78.8 Å². The molecule has 32 heavy (non-hydrogen) atoms. The Balaban J connectivity index is 0.00000512. The highest BCUT2D eigenvalue weighted by molar-refractivity contribution is 14.0. The highest BCUT2D eigenvalue weighted by Gasteiger charge is 2.20. The van der Waals surface area contributed by atoms with Crippen LogP contribution in [0.1, 0.15) is 65.2 Å². The predicted octanol–water partition coefficient (Wildman–Crippen LogP) is 4.51. The predicted molar refractivity (Wildman–Crippen MR) is 143 cm³/mol. The van der Waals surface area contributed by atoms with Gasteiger partial charge in [0.15, 0.2) is 5.96 Å². The van der Waals surface area contributed by atoms with Gasteiger partial charge in [0.2, 0.25) is 0 Å². The van der Waals surface area contributed by atoms with Crippen LogP contribution in [0.15, 0.2) is 29.3 Å².